The molecular formula is C6H3Br2NO. The van der Waals surface area contributed by atoms with E-state index in [0.717, 1.165) is 6.29 Å². The maximum Gasteiger partial charge on any atom is 0.151 e. The molecule has 1 aromatic rings. The van der Waals surface area contributed by atoms with Crippen molar-refractivity contribution < 1.29 is 4.79 Å². The van der Waals surface area contributed by atoms with Gasteiger partial charge >= 0.3 is 0 Å². The molecular weight excluding hydrogens is 262 g/mol. The number of carbonyl (C=O) groups excluding carboxylic acids is 1. The zero-order valence-corrected chi connectivity index (χ0v) is 8.02. The molecule has 0 bridgehead atoms. The van der Waals surface area contributed by atoms with Gasteiger partial charge in [0.25, 0.3) is 0 Å². The van der Waals surface area contributed by atoms with Crippen LogP contribution in [0.25, 0.3) is 0 Å². The molecule has 0 aliphatic rings. The summed E-state index contributed by atoms with van der Waals surface area (Å²) < 4.78 is 1.38. The Kier molecular flexibility index (Phi) is 2.56. The lowest BCUT2D eigenvalue weighted by Gasteiger charge is -1.93. The molecule has 1 rings (SSSR count). The second kappa shape index (κ2) is 3.25. The molecule has 0 aliphatic heterocycles. The van der Waals surface area contributed by atoms with E-state index in [9.17, 15) is 4.79 Å². The first-order valence-corrected chi connectivity index (χ1v) is 4.09. The largest absolute Gasteiger partial charge is 0.298 e. The number of pyridine rings is 1. The SMILES string of the molecule is O=Cc1cc(Br)ncc1Br. The van der Waals surface area contributed by atoms with Crippen molar-refractivity contribution in [1.82, 2.24) is 4.98 Å². The van der Waals surface area contributed by atoms with E-state index in [2.05, 4.69) is 36.8 Å². The molecule has 0 aromatic carbocycles. The summed E-state index contributed by atoms with van der Waals surface area (Å²) in [5.41, 5.74) is 0.599. The molecule has 0 atom stereocenters. The predicted molar refractivity (Wildman–Crippen MR) is 45.0 cm³/mol. The van der Waals surface area contributed by atoms with Crippen LogP contribution in [-0.4, -0.2) is 11.3 Å². The summed E-state index contributed by atoms with van der Waals surface area (Å²) in [4.78, 5) is 14.2. The molecule has 0 aliphatic carbocycles. The molecule has 52 valence electrons. The first-order valence-electron chi connectivity index (χ1n) is 2.50. The van der Waals surface area contributed by atoms with E-state index in [4.69, 9.17) is 0 Å². The highest BCUT2D eigenvalue weighted by atomic mass is 79.9. The van der Waals surface area contributed by atoms with Gasteiger partial charge in [-0.1, -0.05) is 0 Å². The van der Waals surface area contributed by atoms with Crippen molar-refractivity contribution in [3.05, 3.63) is 26.9 Å². The minimum Gasteiger partial charge on any atom is -0.298 e. The van der Waals surface area contributed by atoms with Crippen LogP contribution in [-0.2, 0) is 0 Å². The van der Waals surface area contributed by atoms with Crippen LogP contribution in [0.1, 0.15) is 10.4 Å². The summed E-state index contributed by atoms with van der Waals surface area (Å²) in [6.07, 6.45) is 2.35. The van der Waals surface area contributed by atoms with E-state index < -0.39 is 0 Å². The van der Waals surface area contributed by atoms with Crippen LogP contribution in [0.4, 0.5) is 0 Å². The molecule has 0 spiro atoms. The fraction of sp³-hybridized carbons (Fsp3) is 0. The summed E-state index contributed by atoms with van der Waals surface area (Å²) >= 11 is 6.32. The Labute approximate surface area is 74.9 Å². The van der Waals surface area contributed by atoms with Gasteiger partial charge in [0.2, 0.25) is 0 Å². The number of hydrogen-bond acceptors (Lipinski definition) is 2. The zero-order chi connectivity index (χ0) is 7.56. The molecule has 0 saturated heterocycles. The minimum absolute atomic E-state index is 0.599. The first-order chi connectivity index (χ1) is 4.74. The third kappa shape index (κ3) is 1.64. The fourth-order valence-corrected chi connectivity index (χ4v) is 1.18. The summed E-state index contributed by atoms with van der Waals surface area (Å²) in [5, 5.41) is 0. The Morgan fingerprint density at radius 2 is 2.20 bits per heavy atom. The molecule has 10 heavy (non-hydrogen) atoms. The van der Waals surface area contributed by atoms with Crippen LogP contribution < -0.4 is 0 Å². The highest BCUT2D eigenvalue weighted by Crippen LogP contribution is 2.16. The molecule has 0 unspecified atom stereocenters. The maximum atomic E-state index is 10.3. The topological polar surface area (TPSA) is 30.0 Å². The van der Waals surface area contributed by atoms with E-state index in [1.165, 1.54) is 0 Å². The van der Waals surface area contributed by atoms with Crippen LogP contribution in [0.2, 0.25) is 0 Å². The summed E-state index contributed by atoms with van der Waals surface area (Å²) in [5.74, 6) is 0. The average molecular weight is 265 g/mol. The van der Waals surface area contributed by atoms with Gasteiger partial charge in [0, 0.05) is 16.2 Å². The molecule has 0 saturated carbocycles. The van der Waals surface area contributed by atoms with Crippen molar-refractivity contribution in [3.63, 3.8) is 0 Å². The Balaban J connectivity index is 3.21. The minimum atomic E-state index is 0.599. The molecule has 0 amide bonds. The van der Waals surface area contributed by atoms with Gasteiger partial charge in [-0.15, -0.1) is 0 Å². The number of aldehydes is 1. The molecule has 0 radical (unpaired) electrons. The first kappa shape index (κ1) is 7.88. The zero-order valence-electron chi connectivity index (χ0n) is 4.84. The van der Waals surface area contributed by atoms with Crippen molar-refractivity contribution in [2.75, 3.05) is 0 Å². The number of rotatable bonds is 1. The van der Waals surface area contributed by atoms with Gasteiger partial charge in [-0.05, 0) is 37.9 Å². The van der Waals surface area contributed by atoms with Gasteiger partial charge in [0.15, 0.2) is 6.29 Å². The van der Waals surface area contributed by atoms with Crippen LogP contribution in [0.5, 0.6) is 0 Å². The van der Waals surface area contributed by atoms with Crippen LogP contribution in [0.3, 0.4) is 0 Å². The van der Waals surface area contributed by atoms with E-state index in [1.54, 1.807) is 12.3 Å². The number of hydrogen-bond donors (Lipinski definition) is 0. The predicted octanol–water partition coefficient (Wildman–Crippen LogP) is 2.42. The van der Waals surface area contributed by atoms with Crippen molar-refractivity contribution >= 4 is 38.1 Å². The Morgan fingerprint density at radius 1 is 1.50 bits per heavy atom. The van der Waals surface area contributed by atoms with Crippen LogP contribution in [0, 0.1) is 0 Å². The van der Waals surface area contributed by atoms with E-state index in [-0.39, 0.29) is 0 Å². The fourth-order valence-electron chi connectivity index (χ4n) is 0.518. The highest BCUT2D eigenvalue weighted by molar-refractivity contribution is 9.11. The van der Waals surface area contributed by atoms with Gasteiger partial charge < -0.3 is 0 Å². The number of halogens is 2. The third-order valence-electron chi connectivity index (χ3n) is 0.979. The van der Waals surface area contributed by atoms with E-state index in [0.29, 0.717) is 14.6 Å². The third-order valence-corrected chi connectivity index (χ3v) is 2.07. The van der Waals surface area contributed by atoms with Gasteiger partial charge in [0.1, 0.15) is 4.60 Å². The molecule has 1 heterocycles. The number of carbonyl (C=O) groups is 1. The van der Waals surface area contributed by atoms with Gasteiger partial charge in [-0.3, -0.25) is 4.79 Å². The Morgan fingerprint density at radius 3 is 2.70 bits per heavy atom. The lowest BCUT2D eigenvalue weighted by molar-refractivity contribution is 0.112. The van der Waals surface area contributed by atoms with Gasteiger partial charge in [0.05, 0.1) is 0 Å². The van der Waals surface area contributed by atoms with Crippen molar-refractivity contribution in [2.24, 2.45) is 0 Å². The quantitative estimate of drug-likeness (QED) is 0.576. The lowest BCUT2D eigenvalue weighted by atomic mass is 10.3. The smallest absolute Gasteiger partial charge is 0.151 e. The van der Waals surface area contributed by atoms with E-state index >= 15 is 0 Å². The second-order valence-electron chi connectivity index (χ2n) is 1.65. The summed E-state index contributed by atoms with van der Waals surface area (Å²) in [6, 6.07) is 1.65. The van der Waals surface area contributed by atoms with Crippen molar-refractivity contribution in [1.29, 1.82) is 0 Å². The van der Waals surface area contributed by atoms with Crippen molar-refractivity contribution in [2.45, 2.75) is 0 Å². The average Bonchev–Trinajstić information content (AvgIpc) is 1.94. The molecule has 1 aromatic heterocycles. The molecule has 4 heteroatoms. The lowest BCUT2D eigenvalue weighted by Crippen LogP contribution is -1.84. The molecule has 2 nitrogen and oxygen atoms in total. The molecule has 0 fully saturated rings. The van der Waals surface area contributed by atoms with Gasteiger partial charge in [-0.2, -0.15) is 0 Å². The maximum absolute atomic E-state index is 10.3. The van der Waals surface area contributed by atoms with Gasteiger partial charge in [-0.25, -0.2) is 4.98 Å². The summed E-state index contributed by atoms with van der Waals surface area (Å²) in [7, 11) is 0. The normalized spacial score (nSPS) is 9.40. The van der Waals surface area contributed by atoms with Crippen LogP contribution >= 0.6 is 31.9 Å². The monoisotopic (exact) mass is 263 g/mol. The summed E-state index contributed by atoms with van der Waals surface area (Å²) in [6.45, 7) is 0. The standard InChI is InChI=1S/C6H3Br2NO/c7-5-2-9-6(8)1-4(5)3-10/h1-3H. The Hall–Kier alpha value is -0.220. The van der Waals surface area contributed by atoms with Crippen molar-refractivity contribution in [3.8, 4) is 0 Å². The van der Waals surface area contributed by atoms with E-state index in [1.807, 2.05) is 0 Å². The second-order valence-corrected chi connectivity index (χ2v) is 3.31. The Bertz CT molecular complexity index is 262. The number of aromatic nitrogens is 1. The number of nitrogens with zero attached hydrogens (tertiary/aromatic N) is 1. The molecule has 0 N–H and O–H groups in total. The van der Waals surface area contributed by atoms with Crippen LogP contribution in [0.15, 0.2) is 21.3 Å². The highest BCUT2D eigenvalue weighted by Gasteiger charge is 1.98.